The van der Waals surface area contributed by atoms with E-state index in [1.54, 1.807) is 36.7 Å². The number of carbonyl (C=O) groups is 2. The van der Waals surface area contributed by atoms with E-state index in [0.29, 0.717) is 11.3 Å². The lowest BCUT2D eigenvalue weighted by Gasteiger charge is -2.26. The van der Waals surface area contributed by atoms with Gasteiger partial charge in [0.25, 0.3) is 11.7 Å². The Morgan fingerprint density at radius 1 is 1.03 bits per heavy atom. The number of aliphatic hydroxyl groups is 1. The molecule has 0 radical (unpaired) electrons. The number of aliphatic hydroxyl groups excluding tert-OH is 1. The second kappa shape index (κ2) is 10.4. The van der Waals surface area contributed by atoms with Crippen LogP contribution in [0.4, 0.5) is 5.69 Å². The predicted molar refractivity (Wildman–Crippen MR) is 135 cm³/mol. The van der Waals surface area contributed by atoms with E-state index in [2.05, 4.69) is 23.7 Å². The van der Waals surface area contributed by atoms with Crippen molar-refractivity contribution in [2.75, 3.05) is 25.1 Å². The Hall–Kier alpha value is -4.13. The number of benzene rings is 2. The lowest BCUT2D eigenvalue weighted by atomic mass is 9.95. The Kier molecular flexibility index (Phi) is 7.15. The van der Waals surface area contributed by atoms with Gasteiger partial charge in [0, 0.05) is 43.3 Å². The van der Waals surface area contributed by atoms with E-state index < -0.39 is 17.7 Å². The van der Waals surface area contributed by atoms with Gasteiger partial charge < -0.3 is 19.6 Å². The Bertz CT molecular complexity index is 1230. The number of carbonyl (C=O) groups excluding carboxylic acids is 2. The molecule has 0 aliphatic carbocycles. The van der Waals surface area contributed by atoms with Gasteiger partial charge in [-0.25, -0.2) is 0 Å². The number of likely N-dealkylation sites (tertiary alicyclic amines) is 1. The monoisotopic (exact) mass is 471 g/mol. The number of methoxy groups -OCH3 is 1. The van der Waals surface area contributed by atoms with Crippen molar-refractivity contribution in [1.29, 1.82) is 0 Å². The molecule has 1 amide bonds. The first kappa shape index (κ1) is 24.0. The highest BCUT2D eigenvalue weighted by Crippen LogP contribution is 2.41. The zero-order chi connectivity index (χ0) is 24.9. The van der Waals surface area contributed by atoms with Crippen LogP contribution in [0.1, 0.15) is 36.6 Å². The largest absolute Gasteiger partial charge is 0.507 e. The molecule has 1 unspecified atom stereocenters. The van der Waals surface area contributed by atoms with Gasteiger partial charge in [0.15, 0.2) is 0 Å². The summed E-state index contributed by atoms with van der Waals surface area (Å²) in [5.74, 6) is -1.04. The van der Waals surface area contributed by atoms with Crippen LogP contribution in [-0.4, -0.2) is 46.9 Å². The fourth-order valence-corrected chi connectivity index (χ4v) is 4.46. The van der Waals surface area contributed by atoms with Crippen molar-refractivity contribution in [3.05, 3.63) is 95.3 Å². The van der Waals surface area contributed by atoms with Crippen LogP contribution in [0, 0.1) is 0 Å². The first-order valence-electron chi connectivity index (χ1n) is 11.6. The third-order valence-corrected chi connectivity index (χ3v) is 6.32. The summed E-state index contributed by atoms with van der Waals surface area (Å²) in [4.78, 5) is 34.2. The van der Waals surface area contributed by atoms with Crippen LogP contribution < -0.4 is 9.64 Å². The van der Waals surface area contributed by atoms with Gasteiger partial charge in [0.2, 0.25) is 0 Å². The van der Waals surface area contributed by atoms with E-state index in [1.165, 1.54) is 12.0 Å². The van der Waals surface area contributed by atoms with Gasteiger partial charge in [-0.05, 0) is 61.4 Å². The maximum absolute atomic E-state index is 13.3. The number of pyridine rings is 1. The lowest BCUT2D eigenvalue weighted by molar-refractivity contribution is -0.140. The molecule has 1 fully saturated rings. The van der Waals surface area contributed by atoms with Gasteiger partial charge in [0.05, 0.1) is 18.7 Å². The topological polar surface area (TPSA) is 83.0 Å². The van der Waals surface area contributed by atoms with E-state index in [9.17, 15) is 14.7 Å². The highest BCUT2D eigenvalue weighted by Gasteiger charge is 2.46. The smallest absolute Gasteiger partial charge is 0.295 e. The molecule has 7 nitrogen and oxygen atoms in total. The van der Waals surface area contributed by atoms with Crippen molar-refractivity contribution >= 4 is 23.1 Å². The molecule has 0 spiro atoms. The summed E-state index contributed by atoms with van der Waals surface area (Å²) >= 11 is 0. The fourth-order valence-electron chi connectivity index (χ4n) is 4.46. The van der Waals surface area contributed by atoms with Crippen molar-refractivity contribution in [2.24, 2.45) is 0 Å². The minimum absolute atomic E-state index is 0.0629. The van der Waals surface area contributed by atoms with Gasteiger partial charge in [-0.15, -0.1) is 0 Å². The molecular weight excluding hydrogens is 442 g/mol. The second-order valence-electron chi connectivity index (χ2n) is 8.28. The van der Waals surface area contributed by atoms with Crippen LogP contribution in [0.2, 0.25) is 0 Å². The number of nitrogens with zero attached hydrogens (tertiary/aromatic N) is 3. The van der Waals surface area contributed by atoms with Gasteiger partial charge in [-0.1, -0.05) is 24.3 Å². The van der Waals surface area contributed by atoms with Gasteiger partial charge in [-0.2, -0.15) is 0 Å². The van der Waals surface area contributed by atoms with Crippen molar-refractivity contribution in [1.82, 2.24) is 9.88 Å². The van der Waals surface area contributed by atoms with E-state index in [4.69, 9.17) is 4.74 Å². The first-order chi connectivity index (χ1) is 17.0. The van der Waals surface area contributed by atoms with Gasteiger partial charge in [0.1, 0.15) is 11.5 Å². The molecular formula is C28H29N3O4. The summed E-state index contributed by atoms with van der Waals surface area (Å²) < 4.78 is 5.28. The molecule has 1 aliphatic rings. The third kappa shape index (κ3) is 4.75. The van der Waals surface area contributed by atoms with E-state index >= 15 is 0 Å². The van der Waals surface area contributed by atoms with Crippen molar-refractivity contribution in [3.8, 4) is 5.75 Å². The SMILES string of the molecule is CCN(CC)c1ccc(C2/C(=C(/O)c3cccc(OC)c3)C(=O)C(=O)N2Cc2ccncc2)cc1. The zero-order valence-corrected chi connectivity index (χ0v) is 20.1. The molecule has 35 heavy (non-hydrogen) atoms. The fraction of sp³-hybridized carbons (Fsp3) is 0.250. The molecule has 0 bridgehead atoms. The molecule has 0 saturated carbocycles. The van der Waals surface area contributed by atoms with Crippen LogP contribution in [-0.2, 0) is 16.1 Å². The number of Topliss-reactive ketones (excluding diaryl/α,β-unsaturated/α-hetero) is 1. The highest BCUT2D eigenvalue weighted by molar-refractivity contribution is 6.46. The number of ether oxygens (including phenoxy) is 1. The van der Waals surface area contributed by atoms with Crippen LogP contribution in [0.5, 0.6) is 5.75 Å². The lowest BCUT2D eigenvalue weighted by Crippen LogP contribution is -2.29. The van der Waals surface area contributed by atoms with Crippen molar-refractivity contribution in [2.45, 2.75) is 26.4 Å². The molecule has 1 aromatic heterocycles. The second-order valence-corrected chi connectivity index (χ2v) is 8.28. The number of anilines is 1. The average molecular weight is 472 g/mol. The number of hydrogen-bond donors (Lipinski definition) is 1. The van der Waals surface area contributed by atoms with Crippen LogP contribution in [0.25, 0.3) is 5.76 Å². The molecule has 1 atom stereocenters. The van der Waals surface area contributed by atoms with Crippen molar-refractivity contribution in [3.63, 3.8) is 0 Å². The van der Waals surface area contributed by atoms with E-state index in [1.807, 2.05) is 36.4 Å². The average Bonchev–Trinajstić information content (AvgIpc) is 3.15. The number of ketones is 1. The summed E-state index contributed by atoms with van der Waals surface area (Å²) in [6.45, 7) is 6.13. The Labute approximate surface area is 205 Å². The molecule has 180 valence electrons. The van der Waals surface area contributed by atoms with E-state index in [-0.39, 0.29) is 17.9 Å². The molecule has 2 heterocycles. The summed E-state index contributed by atoms with van der Waals surface area (Å²) in [5, 5.41) is 11.3. The molecule has 3 aromatic rings. The molecule has 1 N–H and O–H groups in total. The minimum atomic E-state index is -0.736. The van der Waals surface area contributed by atoms with Crippen LogP contribution >= 0.6 is 0 Å². The van der Waals surface area contributed by atoms with E-state index in [0.717, 1.165) is 29.9 Å². The first-order valence-corrected chi connectivity index (χ1v) is 11.6. The number of amides is 1. The summed E-state index contributed by atoms with van der Waals surface area (Å²) in [6.07, 6.45) is 3.30. The van der Waals surface area contributed by atoms with Gasteiger partial charge >= 0.3 is 0 Å². The zero-order valence-electron chi connectivity index (χ0n) is 20.1. The molecule has 1 saturated heterocycles. The maximum Gasteiger partial charge on any atom is 0.295 e. The number of hydrogen-bond acceptors (Lipinski definition) is 6. The Balaban J connectivity index is 1.83. The molecule has 2 aromatic carbocycles. The summed E-state index contributed by atoms with van der Waals surface area (Å²) in [7, 11) is 1.53. The number of aromatic nitrogens is 1. The molecule has 7 heteroatoms. The van der Waals surface area contributed by atoms with Crippen LogP contribution in [0.3, 0.4) is 0 Å². The Morgan fingerprint density at radius 3 is 2.34 bits per heavy atom. The van der Waals surface area contributed by atoms with Gasteiger partial charge in [-0.3, -0.25) is 14.6 Å². The quantitative estimate of drug-likeness (QED) is 0.295. The number of rotatable bonds is 8. The minimum Gasteiger partial charge on any atom is -0.507 e. The van der Waals surface area contributed by atoms with Crippen molar-refractivity contribution < 1.29 is 19.4 Å². The maximum atomic E-state index is 13.3. The predicted octanol–water partition coefficient (Wildman–Crippen LogP) is 4.56. The van der Waals surface area contributed by atoms with Crippen LogP contribution in [0.15, 0.2) is 78.6 Å². The molecule has 4 rings (SSSR count). The summed E-state index contributed by atoms with van der Waals surface area (Å²) in [5.41, 5.74) is 3.12. The highest BCUT2D eigenvalue weighted by atomic mass is 16.5. The third-order valence-electron chi connectivity index (χ3n) is 6.32. The molecule has 1 aliphatic heterocycles. The normalized spacial score (nSPS) is 17.0. The Morgan fingerprint density at radius 2 is 1.71 bits per heavy atom. The standard InChI is InChI=1S/C28H29N3O4/c1-4-30(5-2)22-11-9-20(10-12-22)25-24(26(32)21-7-6-8-23(17-21)35-3)27(33)28(34)31(25)18-19-13-15-29-16-14-19/h6-17,25,32H,4-5,18H2,1-3H3/b26-24-. The summed E-state index contributed by atoms with van der Waals surface area (Å²) in [6, 6.07) is 17.5.